The van der Waals surface area contributed by atoms with E-state index in [0.29, 0.717) is 0 Å². The molecule has 36 heavy (non-hydrogen) atoms. The molecule has 0 saturated carbocycles. The van der Waals surface area contributed by atoms with Crippen molar-refractivity contribution in [3.63, 3.8) is 0 Å². The first-order valence-corrected chi connectivity index (χ1v) is 20.6. The Morgan fingerprint density at radius 3 is 0.778 bits per heavy atom. The van der Waals surface area contributed by atoms with E-state index in [9.17, 15) is 0 Å². The smallest absolute Gasteiger partial charge is 0.0966 e. The molecule has 0 fully saturated rings. The van der Waals surface area contributed by atoms with E-state index in [1.165, 1.54) is 21.2 Å². The molecule has 0 aliphatic heterocycles. The minimum absolute atomic E-state index is 0.655. The second-order valence-electron chi connectivity index (χ2n) is 7.33. The van der Waals surface area contributed by atoms with Gasteiger partial charge in [-0.05, 0) is 48.5 Å². The molecule has 0 amide bonds. The van der Waals surface area contributed by atoms with Gasteiger partial charge in [-0.15, -0.1) is 11.5 Å². The van der Waals surface area contributed by atoms with Gasteiger partial charge in [-0.1, -0.05) is 72.8 Å². The predicted octanol–water partition coefficient (Wildman–Crippen LogP) is 6.48. The average molecular weight is 770 g/mol. The fraction of sp³-hybridized carbons (Fsp3) is 0.143. The van der Waals surface area contributed by atoms with Crippen LogP contribution in [0.4, 0.5) is 0 Å². The molecule has 0 aliphatic carbocycles. The molecule has 0 unspecified atom stereocenters. The van der Waals surface area contributed by atoms with Crippen LogP contribution in [-0.4, -0.2) is 23.8 Å². The Morgan fingerprint density at radius 2 is 0.611 bits per heavy atom. The first-order chi connectivity index (χ1) is 17.8. The summed E-state index contributed by atoms with van der Waals surface area (Å²) in [7, 11) is -1.31. The van der Waals surface area contributed by atoms with Gasteiger partial charge in [0.15, 0.2) is 0 Å². The molecule has 4 rings (SSSR count). The van der Waals surface area contributed by atoms with Crippen LogP contribution in [0.25, 0.3) is 0 Å². The van der Waals surface area contributed by atoms with E-state index >= 15 is 0 Å². The molecular weight excluding hydrogens is 740 g/mol. The van der Waals surface area contributed by atoms with Crippen molar-refractivity contribution in [2.24, 2.45) is 0 Å². The van der Waals surface area contributed by atoms with Crippen molar-refractivity contribution in [2.45, 2.75) is 0 Å². The molecule has 0 aromatic heterocycles. The Hall–Kier alpha value is 0.387. The van der Waals surface area contributed by atoms with Gasteiger partial charge in [-0.2, -0.15) is 0 Å². The summed E-state index contributed by atoms with van der Waals surface area (Å²) in [6, 6.07) is 43.1. The van der Waals surface area contributed by atoms with Crippen LogP contribution in [0.3, 0.4) is 0 Å². The van der Waals surface area contributed by atoms with Crippen molar-refractivity contribution in [2.75, 3.05) is 23.8 Å². The van der Waals surface area contributed by atoms with Crippen molar-refractivity contribution in [1.82, 2.24) is 0 Å². The van der Waals surface area contributed by atoms with E-state index in [4.69, 9.17) is 25.3 Å². The minimum Gasteiger partial charge on any atom is -0.789 e. The van der Waals surface area contributed by atoms with E-state index in [-0.39, 0.29) is 0 Å². The van der Waals surface area contributed by atoms with Gasteiger partial charge in [0.05, 0.1) is 37.1 Å². The largest absolute Gasteiger partial charge is 0.789 e. The Kier molecular flexibility index (Phi) is 22.3. The molecular formula is C28H30Br2Ni2P2S2. The minimum atomic E-state index is -0.655. The molecule has 0 atom stereocenters. The monoisotopic (exact) mass is 766 g/mol. The zero-order valence-electron chi connectivity index (χ0n) is 19.6. The second kappa shape index (κ2) is 23.3. The molecule has 198 valence electrons. The average Bonchev–Trinajstić information content (AvgIpc) is 2.99. The third kappa shape index (κ3) is 13.0. The maximum atomic E-state index is 5.15. The Bertz CT molecular complexity index is 855. The summed E-state index contributed by atoms with van der Waals surface area (Å²) >= 11 is 22.8. The zero-order chi connectivity index (χ0) is 26.4. The summed E-state index contributed by atoms with van der Waals surface area (Å²) in [5.74, 6) is 1.69. The van der Waals surface area contributed by atoms with Gasteiger partial charge in [0, 0.05) is 12.3 Å². The number of rotatable bonds is 8. The van der Waals surface area contributed by atoms with Gasteiger partial charge in [0.1, 0.15) is 0 Å². The third-order valence-corrected chi connectivity index (χ3v) is 11.9. The molecule has 0 saturated heterocycles. The van der Waals surface area contributed by atoms with Crippen LogP contribution in [0.2, 0.25) is 0 Å². The van der Waals surface area contributed by atoms with Crippen LogP contribution in [0.15, 0.2) is 121 Å². The topological polar surface area (TPSA) is 0 Å². The molecule has 0 aliphatic rings. The molecule has 0 spiro atoms. The van der Waals surface area contributed by atoms with Crippen LogP contribution < -0.4 is 21.2 Å². The SMILES string of the molecule is [Ni][Br].[Ni][Br].[S-]CC[PH+](c1ccccc1)c1ccccc1.[S-]CC[PH+](c1ccccc1)c1ccccc1. The summed E-state index contributed by atoms with van der Waals surface area (Å²) in [5.41, 5.74) is 0. The van der Waals surface area contributed by atoms with Crippen molar-refractivity contribution >= 4 is 90.8 Å². The van der Waals surface area contributed by atoms with E-state index in [0.717, 1.165) is 23.8 Å². The molecule has 0 radical (unpaired) electrons. The maximum absolute atomic E-state index is 5.15. The van der Waals surface area contributed by atoms with Crippen LogP contribution >= 0.6 is 44.3 Å². The fourth-order valence-electron chi connectivity index (χ4n) is 3.67. The quantitative estimate of drug-likeness (QED) is 0.114. The number of benzene rings is 4. The molecule has 0 heterocycles. The first kappa shape index (κ1) is 34.4. The van der Waals surface area contributed by atoms with Gasteiger partial charge >= 0.3 is 55.8 Å². The van der Waals surface area contributed by atoms with E-state index in [1.807, 2.05) is 0 Å². The van der Waals surface area contributed by atoms with Gasteiger partial charge in [0.2, 0.25) is 0 Å². The van der Waals surface area contributed by atoms with Crippen molar-refractivity contribution in [3.8, 4) is 0 Å². The van der Waals surface area contributed by atoms with E-state index in [1.54, 1.807) is 0 Å². The van der Waals surface area contributed by atoms with Gasteiger partial charge in [0.25, 0.3) is 0 Å². The molecule has 0 nitrogen and oxygen atoms in total. The number of hydrogen-bond acceptors (Lipinski definition) is 2. The molecule has 0 N–H and O–H groups in total. The predicted molar refractivity (Wildman–Crippen MR) is 173 cm³/mol. The van der Waals surface area contributed by atoms with Crippen LogP contribution in [0.1, 0.15) is 0 Å². The summed E-state index contributed by atoms with van der Waals surface area (Å²) < 4.78 is 0. The Morgan fingerprint density at radius 1 is 0.417 bits per heavy atom. The van der Waals surface area contributed by atoms with Crippen LogP contribution in [-0.2, 0) is 52.6 Å². The molecule has 0 bridgehead atoms. The second-order valence-corrected chi connectivity index (χ2v) is 13.4. The van der Waals surface area contributed by atoms with Crippen molar-refractivity contribution in [3.05, 3.63) is 121 Å². The third-order valence-electron chi connectivity index (χ3n) is 5.19. The summed E-state index contributed by atoms with van der Waals surface area (Å²) in [6.07, 6.45) is 2.27. The summed E-state index contributed by atoms with van der Waals surface area (Å²) in [6.45, 7) is 0. The Labute approximate surface area is 260 Å². The molecule has 4 aromatic carbocycles. The van der Waals surface area contributed by atoms with E-state index in [2.05, 4.69) is 177 Å². The Balaban J connectivity index is 0.000000317. The summed E-state index contributed by atoms with van der Waals surface area (Å²) in [4.78, 5) is 0. The van der Waals surface area contributed by atoms with Crippen molar-refractivity contribution in [1.29, 1.82) is 0 Å². The van der Waals surface area contributed by atoms with Gasteiger partial charge in [-0.3, -0.25) is 0 Å². The van der Waals surface area contributed by atoms with Crippen LogP contribution in [0.5, 0.6) is 0 Å². The normalized spacial score (nSPS) is 9.83. The zero-order valence-corrected chi connectivity index (χ0v) is 28.4. The van der Waals surface area contributed by atoms with Crippen LogP contribution in [0, 0.1) is 0 Å². The fourth-order valence-corrected chi connectivity index (χ4v) is 9.51. The molecule has 8 heteroatoms. The van der Waals surface area contributed by atoms with E-state index < -0.39 is 15.8 Å². The maximum Gasteiger partial charge on any atom is 0.0966 e. The number of hydrogen-bond donors (Lipinski definition) is 0. The summed E-state index contributed by atoms with van der Waals surface area (Å²) in [5, 5.41) is 5.85. The van der Waals surface area contributed by atoms with Crippen molar-refractivity contribution < 1.29 is 27.4 Å². The van der Waals surface area contributed by atoms with Gasteiger partial charge < -0.3 is 25.3 Å². The first-order valence-electron chi connectivity index (χ1n) is 11.2. The standard InChI is InChI=1S/2C14H15PS.2BrH.2Ni/c2*16-12-11-15(13-7-3-1-4-8-13)14-9-5-2-6-10-14;;;;/h2*1-10,16H,11-12H2;2*1H;;/q;;;;2*+1/p-2. The number of halogens is 2. The van der Waals surface area contributed by atoms with Gasteiger partial charge in [-0.25, -0.2) is 0 Å². The molecule has 4 aromatic rings.